The van der Waals surface area contributed by atoms with E-state index in [1.165, 1.54) is 4.90 Å². The number of fused-ring (bicyclic) bond motifs is 2. The summed E-state index contributed by atoms with van der Waals surface area (Å²) in [5.41, 5.74) is -1.30. The molecule has 7 heteroatoms. The van der Waals surface area contributed by atoms with E-state index in [2.05, 4.69) is 10.6 Å². The SMILES string of the molecule is CC(C)=C[C@@H]1N2C(=O)[C@@H](C)NC(=O)[C@@]2(O)C[C@]12Nc1ccccc1C2=O. The van der Waals surface area contributed by atoms with Crippen LogP contribution in [0.15, 0.2) is 35.9 Å². The van der Waals surface area contributed by atoms with E-state index in [0.717, 1.165) is 5.57 Å². The van der Waals surface area contributed by atoms with Crippen molar-refractivity contribution in [2.24, 2.45) is 0 Å². The van der Waals surface area contributed by atoms with Crippen molar-refractivity contribution in [3.63, 3.8) is 0 Å². The highest BCUT2D eigenvalue weighted by Crippen LogP contribution is 2.49. The average Bonchev–Trinajstić information content (AvgIpc) is 2.99. The number of ketones is 1. The fourth-order valence-electron chi connectivity index (χ4n) is 4.31. The molecule has 2 amide bonds. The van der Waals surface area contributed by atoms with Gasteiger partial charge in [-0.1, -0.05) is 23.8 Å². The highest BCUT2D eigenvalue weighted by Gasteiger charge is 2.70. The van der Waals surface area contributed by atoms with Gasteiger partial charge in [-0.2, -0.15) is 0 Å². The number of rotatable bonds is 1. The molecule has 4 rings (SSSR count). The fourth-order valence-corrected chi connectivity index (χ4v) is 4.31. The summed E-state index contributed by atoms with van der Waals surface area (Å²) in [6.07, 6.45) is 1.57. The van der Waals surface area contributed by atoms with Crippen LogP contribution in [0.25, 0.3) is 0 Å². The summed E-state index contributed by atoms with van der Waals surface area (Å²) < 4.78 is 0. The van der Waals surface area contributed by atoms with Gasteiger partial charge in [0.1, 0.15) is 11.6 Å². The molecule has 136 valence electrons. The Balaban J connectivity index is 1.92. The summed E-state index contributed by atoms with van der Waals surface area (Å²) in [5.74, 6) is -1.28. The number of anilines is 1. The maximum absolute atomic E-state index is 13.3. The maximum atomic E-state index is 13.3. The minimum Gasteiger partial charge on any atom is -0.370 e. The van der Waals surface area contributed by atoms with Gasteiger partial charge < -0.3 is 15.7 Å². The van der Waals surface area contributed by atoms with Crippen LogP contribution in [0.4, 0.5) is 5.69 Å². The molecule has 1 aromatic rings. The van der Waals surface area contributed by atoms with Gasteiger partial charge >= 0.3 is 0 Å². The molecule has 3 N–H and O–H groups in total. The van der Waals surface area contributed by atoms with Crippen LogP contribution >= 0.6 is 0 Å². The van der Waals surface area contributed by atoms with Crippen LogP contribution < -0.4 is 10.6 Å². The molecule has 0 bridgehead atoms. The number of Topliss-reactive ketones (excluding diaryl/α,β-unsaturated/α-hetero) is 1. The van der Waals surface area contributed by atoms with Gasteiger partial charge in [0.15, 0.2) is 5.78 Å². The van der Waals surface area contributed by atoms with Gasteiger partial charge in [0, 0.05) is 17.7 Å². The summed E-state index contributed by atoms with van der Waals surface area (Å²) in [7, 11) is 0. The second-order valence-electron chi connectivity index (χ2n) is 7.56. The molecule has 0 aliphatic carbocycles. The lowest BCUT2D eigenvalue weighted by Crippen LogP contribution is -2.69. The third-order valence-electron chi connectivity index (χ3n) is 5.45. The molecule has 0 aromatic heterocycles. The fraction of sp³-hybridized carbons (Fsp3) is 0.421. The van der Waals surface area contributed by atoms with Crippen molar-refractivity contribution < 1.29 is 19.5 Å². The molecule has 3 aliphatic heterocycles. The summed E-state index contributed by atoms with van der Waals surface area (Å²) in [4.78, 5) is 39.9. The number of nitrogens with zero attached hydrogens (tertiary/aromatic N) is 1. The predicted molar refractivity (Wildman–Crippen MR) is 94.4 cm³/mol. The summed E-state index contributed by atoms with van der Waals surface area (Å²) >= 11 is 0. The number of carbonyl (C=O) groups is 3. The molecule has 1 aromatic carbocycles. The molecule has 2 saturated heterocycles. The van der Waals surface area contributed by atoms with Crippen LogP contribution in [0, 0.1) is 0 Å². The number of carbonyl (C=O) groups excluding carboxylic acids is 3. The van der Waals surface area contributed by atoms with Crippen molar-refractivity contribution >= 4 is 23.3 Å². The predicted octanol–water partition coefficient (Wildman–Crippen LogP) is 0.808. The molecule has 1 spiro atoms. The molecule has 0 saturated carbocycles. The third kappa shape index (κ3) is 1.94. The quantitative estimate of drug-likeness (QED) is 0.648. The van der Waals surface area contributed by atoms with Gasteiger partial charge in [0.05, 0.1) is 6.04 Å². The Hall–Kier alpha value is -2.67. The van der Waals surface area contributed by atoms with Crippen molar-refractivity contribution in [3.8, 4) is 0 Å². The first-order chi connectivity index (χ1) is 12.2. The standard InChI is InChI=1S/C19H21N3O4/c1-10(2)8-14-18(15(23)12-6-4-5-7-13(12)21-18)9-19(26)17(25)20-11(3)16(24)22(14)19/h4-8,11,14,21,26H,9H2,1-3H3,(H,20,25)/t11-,14+,18+,19+/m1/s1. The molecule has 0 unspecified atom stereocenters. The van der Waals surface area contributed by atoms with E-state index in [-0.39, 0.29) is 12.2 Å². The van der Waals surface area contributed by atoms with Gasteiger partial charge in [0.2, 0.25) is 11.6 Å². The second-order valence-corrected chi connectivity index (χ2v) is 7.56. The highest BCUT2D eigenvalue weighted by atomic mass is 16.3. The zero-order chi connectivity index (χ0) is 18.9. The molecule has 4 atom stereocenters. The van der Waals surface area contributed by atoms with E-state index in [9.17, 15) is 19.5 Å². The lowest BCUT2D eigenvalue weighted by atomic mass is 9.83. The molecule has 2 fully saturated rings. The molecule has 3 heterocycles. The van der Waals surface area contributed by atoms with Crippen molar-refractivity contribution in [1.82, 2.24) is 10.2 Å². The number of para-hydroxylation sites is 1. The minimum atomic E-state index is -2.06. The lowest BCUT2D eigenvalue weighted by molar-refractivity contribution is -0.179. The average molecular weight is 355 g/mol. The Kier molecular flexibility index (Phi) is 3.34. The largest absolute Gasteiger partial charge is 0.370 e. The Bertz CT molecular complexity index is 875. The van der Waals surface area contributed by atoms with E-state index >= 15 is 0 Å². The highest BCUT2D eigenvalue weighted by molar-refractivity contribution is 6.16. The Morgan fingerprint density at radius 3 is 2.62 bits per heavy atom. The van der Waals surface area contributed by atoms with E-state index in [4.69, 9.17) is 0 Å². The first-order valence-electron chi connectivity index (χ1n) is 8.64. The van der Waals surface area contributed by atoms with Crippen molar-refractivity contribution in [1.29, 1.82) is 0 Å². The molecular weight excluding hydrogens is 334 g/mol. The minimum absolute atomic E-state index is 0.202. The van der Waals surface area contributed by atoms with Gasteiger partial charge in [0.25, 0.3) is 5.91 Å². The normalized spacial score (nSPS) is 35.1. The molecule has 7 nitrogen and oxygen atoms in total. The number of aliphatic hydroxyl groups is 1. The lowest BCUT2D eigenvalue weighted by Gasteiger charge is -2.41. The Morgan fingerprint density at radius 2 is 1.96 bits per heavy atom. The van der Waals surface area contributed by atoms with Crippen LogP contribution in [0.3, 0.4) is 0 Å². The van der Waals surface area contributed by atoms with Crippen LogP contribution in [0.2, 0.25) is 0 Å². The van der Waals surface area contributed by atoms with Crippen LogP contribution in [-0.2, 0) is 9.59 Å². The van der Waals surface area contributed by atoms with Gasteiger partial charge in [-0.25, -0.2) is 0 Å². The Morgan fingerprint density at radius 1 is 1.27 bits per heavy atom. The Labute approximate surface area is 151 Å². The topological polar surface area (TPSA) is 98.7 Å². The third-order valence-corrected chi connectivity index (χ3v) is 5.45. The number of amides is 2. The molecule has 0 radical (unpaired) electrons. The van der Waals surface area contributed by atoms with Gasteiger partial charge in [-0.05, 0) is 32.9 Å². The number of hydrogen-bond donors (Lipinski definition) is 3. The number of piperazine rings is 1. The summed E-state index contributed by atoms with van der Waals surface area (Å²) in [6.45, 7) is 5.29. The van der Waals surface area contributed by atoms with Gasteiger partial charge in [-0.3, -0.25) is 19.3 Å². The van der Waals surface area contributed by atoms with E-state index in [0.29, 0.717) is 11.3 Å². The monoisotopic (exact) mass is 355 g/mol. The first kappa shape index (κ1) is 16.8. The smallest absolute Gasteiger partial charge is 0.274 e. The summed E-state index contributed by atoms with van der Waals surface area (Å²) in [5, 5.41) is 16.9. The van der Waals surface area contributed by atoms with E-state index in [1.807, 2.05) is 19.9 Å². The van der Waals surface area contributed by atoms with Crippen LogP contribution in [0.5, 0.6) is 0 Å². The molecular formula is C19H21N3O4. The summed E-state index contributed by atoms with van der Waals surface area (Å²) in [6, 6.07) is 5.55. The van der Waals surface area contributed by atoms with E-state index in [1.54, 1.807) is 31.2 Å². The van der Waals surface area contributed by atoms with Crippen molar-refractivity contribution in [2.75, 3.05) is 5.32 Å². The van der Waals surface area contributed by atoms with Crippen molar-refractivity contribution in [2.45, 2.75) is 50.5 Å². The zero-order valence-corrected chi connectivity index (χ0v) is 14.9. The number of benzene rings is 1. The second kappa shape index (κ2) is 5.17. The molecule has 3 aliphatic rings. The first-order valence-corrected chi connectivity index (χ1v) is 8.64. The van der Waals surface area contributed by atoms with Gasteiger partial charge in [-0.15, -0.1) is 0 Å². The number of hydrogen-bond acceptors (Lipinski definition) is 5. The molecule has 26 heavy (non-hydrogen) atoms. The van der Waals surface area contributed by atoms with Crippen LogP contribution in [-0.4, -0.2) is 51.0 Å². The maximum Gasteiger partial charge on any atom is 0.274 e. The van der Waals surface area contributed by atoms with Crippen LogP contribution in [0.1, 0.15) is 37.6 Å². The van der Waals surface area contributed by atoms with E-state index < -0.39 is 35.2 Å². The van der Waals surface area contributed by atoms with Crippen molar-refractivity contribution in [3.05, 3.63) is 41.5 Å². The zero-order valence-electron chi connectivity index (χ0n) is 14.9. The number of nitrogens with one attached hydrogen (secondary N) is 2. The number of allylic oxidation sites excluding steroid dienone is 1.